The number of piperidine rings is 1. The highest BCUT2D eigenvalue weighted by Gasteiger charge is 2.38. The van der Waals surface area contributed by atoms with Gasteiger partial charge in [0, 0.05) is 32.1 Å². The van der Waals surface area contributed by atoms with Gasteiger partial charge in [0.15, 0.2) is 0 Å². The largest absolute Gasteiger partial charge is 0.396 e. The average Bonchev–Trinajstić information content (AvgIpc) is 2.52. The zero-order chi connectivity index (χ0) is 16.9. The third-order valence-corrected chi connectivity index (χ3v) is 5.54. The molecule has 0 bridgehead atoms. The van der Waals surface area contributed by atoms with Crippen LogP contribution < -0.4 is 4.90 Å². The molecule has 7 nitrogen and oxygen atoms in total. The van der Waals surface area contributed by atoms with Gasteiger partial charge in [-0.2, -0.15) is 8.42 Å². The number of hydrogen-bond acceptors (Lipinski definition) is 6. The molecule has 2 rings (SSSR count). The second-order valence-electron chi connectivity index (χ2n) is 6.29. The maximum Gasteiger partial charge on any atom is 0.265 e. The quantitative estimate of drug-likeness (QED) is 0.719. The second-order valence-corrected chi connectivity index (χ2v) is 7.74. The van der Waals surface area contributed by atoms with Gasteiger partial charge in [0.1, 0.15) is 0 Å². The predicted molar refractivity (Wildman–Crippen MR) is 88.0 cm³/mol. The standard InChI is InChI=1S/C15H25N3O4S/c1-2-13-10-16-14(17-11-13)18-7-5-15(6-8-18,4-3-9-19)12-23(20,21)22/h10-11,19H,2-9,12H2,1H3,(H,20,21,22). The Labute approximate surface area is 137 Å². The normalized spacial score (nSPS) is 18.1. The van der Waals surface area contributed by atoms with Crippen LogP contribution in [0.25, 0.3) is 0 Å². The summed E-state index contributed by atoms with van der Waals surface area (Å²) in [5, 5.41) is 9.05. The van der Waals surface area contributed by atoms with Crippen molar-refractivity contribution in [2.45, 2.75) is 39.0 Å². The van der Waals surface area contributed by atoms with Crippen LogP contribution in [0.1, 0.15) is 38.2 Å². The van der Waals surface area contributed by atoms with E-state index in [9.17, 15) is 13.0 Å². The molecule has 1 aliphatic rings. The van der Waals surface area contributed by atoms with Gasteiger partial charge < -0.3 is 10.0 Å². The molecular formula is C15H25N3O4S. The predicted octanol–water partition coefficient (Wildman–Crippen LogP) is 1.29. The first-order valence-corrected chi connectivity index (χ1v) is 9.60. The number of aromatic nitrogens is 2. The van der Waals surface area contributed by atoms with Gasteiger partial charge in [0.25, 0.3) is 10.1 Å². The van der Waals surface area contributed by atoms with Crippen LogP contribution in [0, 0.1) is 5.41 Å². The minimum Gasteiger partial charge on any atom is -0.396 e. The zero-order valence-corrected chi connectivity index (χ0v) is 14.3. The van der Waals surface area contributed by atoms with Crippen LogP contribution in [0.5, 0.6) is 0 Å². The molecule has 0 unspecified atom stereocenters. The van der Waals surface area contributed by atoms with E-state index < -0.39 is 15.5 Å². The molecular weight excluding hydrogens is 318 g/mol. The molecule has 2 N–H and O–H groups in total. The molecule has 8 heteroatoms. The third-order valence-electron chi connectivity index (χ3n) is 4.56. The van der Waals surface area contributed by atoms with Crippen LogP contribution in [0.4, 0.5) is 5.95 Å². The highest BCUT2D eigenvalue weighted by Crippen LogP contribution is 2.38. The van der Waals surface area contributed by atoms with Crippen LogP contribution in [-0.2, 0) is 16.5 Å². The highest BCUT2D eigenvalue weighted by atomic mass is 32.2. The highest BCUT2D eigenvalue weighted by molar-refractivity contribution is 7.85. The van der Waals surface area contributed by atoms with Crippen molar-refractivity contribution in [1.29, 1.82) is 0 Å². The van der Waals surface area contributed by atoms with Gasteiger partial charge in [-0.15, -0.1) is 0 Å². The number of nitrogens with zero attached hydrogens (tertiary/aromatic N) is 3. The van der Waals surface area contributed by atoms with Crippen molar-refractivity contribution in [1.82, 2.24) is 9.97 Å². The first-order chi connectivity index (χ1) is 10.9. The number of aryl methyl sites for hydroxylation is 1. The minimum absolute atomic E-state index is 0.0263. The summed E-state index contributed by atoms with van der Waals surface area (Å²) in [6, 6.07) is 0. The molecule has 0 saturated carbocycles. The van der Waals surface area contributed by atoms with E-state index in [0.717, 1.165) is 12.0 Å². The summed E-state index contributed by atoms with van der Waals surface area (Å²) in [5.74, 6) is 0.411. The summed E-state index contributed by atoms with van der Waals surface area (Å²) in [5.41, 5.74) is 0.602. The first-order valence-electron chi connectivity index (χ1n) is 7.99. The number of aliphatic hydroxyl groups excluding tert-OH is 1. The lowest BCUT2D eigenvalue weighted by atomic mass is 9.76. The molecule has 0 aliphatic carbocycles. The monoisotopic (exact) mass is 343 g/mol. The Morgan fingerprint density at radius 1 is 1.26 bits per heavy atom. The first kappa shape index (κ1) is 18.1. The Morgan fingerprint density at radius 2 is 1.87 bits per heavy atom. The van der Waals surface area contributed by atoms with E-state index in [0.29, 0.717) is 44.7 Å². The number of aliphatic hydroxyl groups is 1. The Bertz CT molecular complexity index is 596. The fourth-order valence-electron chi connectivity index (χ4n) is 3.18. The molecule has 23 heavy (non-hydrogen) atoms. The Balaban J connectivity index is 2.05. The molecule has 2 heterocycles. The van der Waals surface area contributed by atoms with Crippen molar-refractivity contribution in [2.24, 2.45) is 5.41 Å². The van der Waals surface area contributed by atoms with Crippen LogP contribution in [0.15, 0.2) is 12.4 Å². The number of hydrogen-bond donors (Lipinski definition) is 2. The lowest BCUT2D eigenvalue weighted by molar-refractivity contribution is 0.191. The maximum absolute atomic E-state index is 11.3. The van der Waals surface area contributed by atoms with E-state index in [4.69, 9.17) is 5.11 Å². The SMILES string of the molecule is CCc1cnc(N2CCC(CCCO)(CS(=O)(=O)O)CC2)nc1. The molecule has 1 saturated heterocycles. The fraction of sp³-hybridized carbons (Fsp3) is 0.733. The summed E-state index contributed by atoms with van der Waals surface area (Å²) in [6.07, 6.45) is 6.91. The van der Waals surface area contributed by atoms with E-state index in [2.05, 4.69) is 9.97 Å². The lowest BCUT2D eigenvalue weighted by Crippen LogP contribution is -2.44. The van der Waals surface area contributed by atoms with Gasteiger partial charge in [-0.05, 0) is 43.1 Å². The van der Waals surface area contributed by atoms with Crippen molar-refractivity contribution in [3.8, 4) is 0 Å². The van der Waals surface area contributed by atoms with Crippen LogP contribution in [-0.4, -0.2) is 53.5 Å². The Hall–Kier alpha value is -1.25. The summed E-state index contributed by atoms with van der Waals surface area (Å²) >= 11 is 0. The van der Waals surface area contributed by atoms with E-state index in [1.807, 2.05) is 24.2 Å². The molecule has 1 fully saturated rings. The smallest absolute Gasteiger partial charge is 0.265 e. The van der Waals surface area contributed by atoms with Gasteiger partial charge in [-0.1, -0.05) is 6.92 Å². The van der Waals surface area contributed by atoms with Crippen LogP contribution >= 0.6 is 0 Å². The van der Waals surface area contributed by atoms with Gasteiger partial charge >= 0.3 is 0 Å². The van der Waals surface area contributed by atoms with Crippen molar-refractivity contribution in [2.75, 3.05) is 30.3 Å². The molecule has 0 amide bonds. The summed E-state index contributed by atoms with van der Waals surface area (Å²) in [4.78, 5) is 10.8. The van der Waals surface area contributed by atoms with E-state index >= 15 is 0 Å². The summed E-state index contributed by atoms with van der Waals surface area (Å²) < 4.78 is 31.9. The van der Waals surface area contributed by atoms with Crippen molar-refractivity contribution >= 4 is 16.1 Å². The van der Waals surface area contributed by atoms with E-state index in [1.54, 1.807) is 0 Å². The number of rotatable bonds is 7. The van der Waals surface area contributed by atoms with Gasteiger partial charge in [-0.3, -0.25) is 4.55 Å². The van der Waals surface area contributed by atoms with Gasteiger partial charge in [0.05, 0.1) is 5.75 Å². The molecule has 0 aromatic carbocycles. The van der Waals surface area contributed by atoms with Crippen LogP contribution in [0.2, 0.25) is 0 Å². The summed E-state index contributed by atoms with van der Waals surface area (Å²) in [7, 11) is -4.04. The molecule has 0 radical (unpaired) electrons. The summed E-state index contributed by atoms with van der Waals surface area (Å²) in [6.45, 7) is 3.36. The third kappa shape index (κ3) is 5.12. The molecule has 130 valence electrons. The van der Waals surface area contributed by atoms with Gasteiger partial charge in [0.2, 0.25) is 5.95 Å². The zero-order valence-electron chi connectivity index (χ0n) is 13.5. The number of anilines is 1. The molecule has 1 aromatic rings. The molecule has 0 atom stereocenters. The fourth-order valence-corrected chi connectivity index (χ4v) is 4.39. The van der Waals surface area contributed by atoms with Gasteiger partial charge in [-0.25, -0.2) is 9.97 Å². The molecule has 1 aromatic heterocycles. The Morgan fingerprint density at radius 3 is 2.35 bits per heavy atom. The maximum atomic E-state index is 11.3. The van der Waals surface area contributed by atoms with Crippen molar-refractivity contribution in [3.63, 3.8) is 0 Å². The molecule has 1 aliphatic heterocycles. The van der Waals surface area contributed by atoms with E-state index in [-0.39, 0.29) is 12.4 Å². The van der Waals surface area contributed by atoms with Crippen molar-refractivity contribution in [3.05, 3.63) is 18.0 Å². The second kappa shape index (κ2) is 7.55. The van der Waals surface area contributed by atoms with Crippen molar-refractivity contribution < 1.29 is 18.1 Å². The van der Waals surface area contributed by atoms with E-state index in [1.165, 1.54) is 0 Å². The topological polar surface area (TPSA) is 104 Å². The van der Waals surface area contributed by atoms with Crippen LogP contribution in [0.3, 0.4) is 0 Å². The lowest BCUT2D eigenvalue weighted by Gasteiger charge is -2.41. The Kier molecular flexibility index (Phi) is 5.94. The average molecular weight is 343 g/mol. The molecule has 0 spiro atoms. The minimum atomic E-state index is -4.04.